The maximum Gasteiger partial charge on any atom is 0.150 e. The Labute approximate surface area is 116 Å². The minimum atomic E-state index is -0.174. The summed E-state index contributed by atoms with van der Waals surface area (Å²) in [6, 6.07) is 5.28. The molecule has 0 aromatic heterocycles. The predicted octanol–water partition coefficient (Wildman–Crippen LogP) is 3.75. The van der Waals surface area contributed by atoms with Gasteiger partial charge in [-0.25, -0.2) is 0 Å². The zero-order valence-corrected chi connectivity index (χ0v) is 12.1. The normalized spacial score (nSPS) is 12.5. The standard InChI is InChI=1S/C12H15Cl2NOS/c1-3-12(16)11(15-17-2)7-8-4-5-9(13)10(14)6-8/h4-6,11,15H,3,7H2,1-2H3. The van der Waals surface area contributed by atoms with Crippen molar-refractivity contribution in [2.24, 2.45) is 0 Å². The summed E-state index contributed by atoms with van der Waals surface area (Å²) < 4.78 is 3.11. The van der Waals surface area contributed by atoms with Gasteiger partial charge in [0.15, 0.2) is 5.78 Å². The highest BCUT2D eigenvalue weighted by Crippen LogP contribution is 2.23. The van der Waals surface area contributed by atoms with E-state index in [1.165, 1.54) is 11.9 Å². The van der Waals surface area contributed by atoms with Gasteiger partial charge in [-0.1, -0.05) is 48.1 Å². The molecular formula is C12H15Cl2NOS. The molecule has 0 aliphatic rings. The third-order valence-electron chi connectivity index (χ3n) is 2.42. The second-order valence-electron chi connectivity index (χ2n) is 3.65. The van der Waals surface area contributed by atoms with E-state index in [0.29, 0.717) is 22.9 Å². The van der Waals surface area contributed by atoms with Crippen molar-refractivity contribution in [2.75, 3.05) is 6.26 Å². The van der Waals surface area contributed by atoms with Crippen molar-refractivity contribution in [3.63, 3.8) is 0 Å². The molecule has 5 heteroatoms. The fourth-order valence-electron chi connectivity index (χ4n) is 1.51. The van der Waals surface area contributed by atoms with Gasteiger partial charge in [-0.2, -0.15) is 0 Å². The molecule has 1 N–H and O–H groups in total. The van der Waals surface area contributed by atoms with Crippen molar-refractivity contribution in [3.05, 3.63) is 33.8 Å². The molecule has 0 aliphatic heterocycles. The monoisotopic (exact) mass is 291 g/mol. The van der Waals surface area contributed by atoms with Crippen LogP contribution in [0.5, 0.6) is 0 Å². The minimum absolute atomic E-state index is 0.174. The van der Waals surface area contributed by atoms with E-state index in [4.69, 9.17) is 23.2 Å². The Morgan fingerprint density at radius 2 is 2.12 bits per heavy atom. The second kappa shape index (κ2) is 7.27. The number of benzene rings is 1. The van der Waals surface area contributed by atoms with E-state index >= 15 is 0 Å². The van der Waals surface area contributed by atoms with Crippen LogP contribution in [0.25, 0.3) is 0 Å². The number of Topliss-reactive ketones (excluding diaryl/α,β-unsaturated/α-hetero) is 1. The fraction of sp³-hybridized carbons (Fsp3) is 0.417. The summed E-state index contributed by atoms with van der Waals surface area (Å²) in [4.78, 5) is 11.7. The van der Waals surface area contributed by atoms with E-state index in [2.05, 4.69) is 4.72 Å². The number of halogens is 2. The van der Waals surface area contributed by atoms with Gasteiger partial charge in [0.25, 0.3) is 0 Å². The molecule has 94 valence electrons. The average Bonchev–Trinajstić information content (AvgIpc) is 2.32. The van der Waals surface area contributed by atoms with Crippen LogP contribution in [-0.4, -0.2) is 18.1 Å². The third kappa shape index (κ3) is 4.51. The van der Waals surface area contributed by atoms with Crippen molar-refractivity contribution in [1.82, 2.24) is 4.72 Å². The number of hydrogen-bond acceptors (Lipinski definition) is 3. The molecule has 0 bridgehead atoms. The summed E-state index contributed by atoms with van der Waals surface area (Å²) in [5, 5.41) is 1.06. The Bertz CT molecular complexity index is 398. The molecule has 0 amide bonds. The van der Waals surface area contributed by atoms with Crippen LogP contribution in [0.2, 0.25) is 10.0 Å². The second-order valence-corrected chi connectivity index (χ2v) is 5.11. The van der Waals surface area contributed by atoms with Crippen LogP contribution < -0.4 is 4.72 Å². The van der Waals surface area contributed by atoms with E-state index in [1.807, 2.05) is 25.3 Å². The summed E-state index contributed by atoms with van der Waals surface area (Å²) in [7, 11) is 0. The molecule has 0 radical (unpaired) electrons. The van der Waals surface area contributed by atoms with Crippen LogP contribution in [0.1, 0.15) is 18.9 Å². The van der Waals surface area contributed by atoms with Gasteiger partial charge < -0.3 is 0 Å². The van der Waals surface area contributed by atoms with Crippen LogP contribution in [0, 0.1) is 0 Å². The highest BCUT2D eigenvalue weighted by Gasteiger charge is 2.16. The highest BCUT2D eigenvalue weighted by atomic mass is 35.5. The van der Waals surface area contributed by atoms with E-state index < -0.39 is 0 Å². The first-order valence-corrected chi connectivity index (χ1v) is 7.31. The molecule has 1 aromatic carbocycles. The molecule has 17 heavy (non-hydrogen) atoms. The summed E-state index contributed by atoms with van der Waals surface area (Å²) in [6.45, 7) is 1.87. The van der Waals surface area contributed by atoms with E-state index in [1.54, 1.807) is 6.07 Å². The average molecular weight is 292 g/mol. The molecule has 0 heterocycles. The van der Waals surface area contributed by atoms with Crippen LogP contribution in [0.4, 0.5) is 0 Å². The summed E-state index contributed by atoms with van der Waals surface area (Å²) in [5.74, 6) is 0.199. The molecular weight excluding hydrogens is 277 g/mol. The van der Waals surface area contributed by atoms with E-state index in [9.17, 15) is 4.79 Å². The molecule has 0 saturated carbocycles. The van der Waals surface area contributed by atoms with Gasteiger partial charge in [-0.3, -0.25) is 9.52 Å². The van der Waals surface area contributed by atoms with Crippen molar-refractivity contribution < 1.29 is 4.79 Å². The summed E-state index contributed by atoms with van der Waals surface area (Å²) in [6.07, 6.45) is 3.06. The Hall–Kier alpha value is -0.220. The van der Waals surface area contributed by atoms with Gasteiger partial charge in [0.2, 0.25) is 0 Å². The maximum absolute atomic E-state index is 11.7. The lowest BCUT2D eigenvalue weighted by Crippen LogP contribution is -2.33. The Morgan fingerprint density at radius 1 is 1.41 bits per heavy atom. The van der Waals surface area contributed by atoms with Crippen molar-refractivity contribution >= 4 is 40.9 Å². The van der Waals surface area contributed by atoms with Gasteiger partial charge in [-0.05, 0) is 30.4 Å². The number of rotatable bonds is 6. The first-order valence-electron chi connectivity index (χ1n) is 5.33. The fourth-order valence-corrected chi connectivity index (χ4v) is 2.33. The number of hydrogen-bond donors (Lipinski definition) is 1. The largest absolute Gasteiger partial charge is 0.298 e. The summed E-state index contributed by atoms with van der Waals surface area (Å²) >= 11 is 13.2. The Kier molecular flexibility index (Phi) is 6.34. The highest BCUT2D eigenvalue weighted by molar-refractivity contribution is 7.96. The maximum atomic E-state index is 11.7. The van der Waals surface area contributed by atoms with Crippen molar-refractivity contribution in [2.45, 2.75) is 25.8 Å². The molecule has 1 aromatic rings. The third-order valence-corrected chi connectivity index (χ3v) is 3.68. The molecule has 0 aliphatic carbocycles. The molecule has 0 saturated heterocycles. The first-order chi connectivity index (χ1) is 8.08. The van der Waals surface area contributed by atoms with Crippen LogP contribution >= 0.6 is 35.1 Å². The molecule has 2 nitrogen and oxygen atoms in total. The van der Waals surface area contributed by atoms with Crippen molar-refractivity contribution in [1.29, 1.82) is 0 Å². The van der Waals surface area contributed by atoms with Gasteiger partial charge in [0.05, 0.1) is 16.1 Å². The lowest BCUT2D eigenvalue weighted by molar-refractivity contribution is -0.120. The smallest absolute Gasteiger partial charge is 0.150 e. The predicted molar refractivity (Wildman–Crippen MR) is 75.9 cm³/mol. The quantitative estimate of drug-likeness (QED) is 0.810. The summed E-state index contributed by atoms with van der Waals surface area (Å²) in [5.41, 5.74) is 1.01. The first kappa shape index (κ1) is 14.8. The number of ketones is 1. The van der Waals surface area contributed by atoms with Gasteiger partial charge in [-0.15, -0.1) is 0 Å². The Morgan fingerprint density at radius 3 is 2.65 bits per heavy atom. The number of nitrogens with one attached hydrogen (secondary N) is 1. The molecule has 1 unspecified atom stereocenters. The van der Waals surface area contributed by atoms with Crippen LogP contribution in [0.3, 0.4) is 0 Å². The van der Waals surface area contributed by atoms with Crippen LogP contribution in [-0.2, 0) is 11.2 Å². The van der Waals surface area contributed by atoms with Gasteiger partial charge >= 0.3 is 0 Å². The molecule has 0 fully saturated rings. The Balaban J connectivity index is 2.78. The lowest BCUT2D eigenvalue weighted by Gasteiger charge is -2.15. The number of carbonyl (C=O) groups is 1. The SMILES string of the molecule is CCC(=O)C(Cc1ccc(Cl)c(Cl)c1)NSC. The molecule has 1 atom stereocenters. The zero-order chi connectivity index (χ0) is 12.8. The zero-order valence-electron chi connectivity index (χ0n) is 9.80. The van der Waals surface area contributed by atoms with E-state index in [-0.39, 0.29) is 11.8 Å². The lowest BCUT2D eigenvalue weighted by atomic mass is 10.0. The van der Waals surface area contributed by atoms with Crippen LogP contribution in [0.15, 0.2) is 18.2 Å². The molecule has 0 spiro atoms. The van der Waals surface area contributed by atoms with Gasteiger partial charge in [0, 0.05) is 6.42 Å². The van der Waals surface area contributed by atoms with E-state index in [0.717, 1.165) is 5.56 Å². The number of carbonyl (C=O) groups excluding carboxylic acids is 1. The van der Waals surface area contributed by atoms with Gasteiger partial charge in [0.1, 0.15) is 0 Å². The topological polar surface area (TPSA) is 29.1 Å². The molecule has 1 rings (SSSR count). The minimum Gasteiger partial charge on any atom is -0.298 e. The van der Waals surface area contributed by atoms with Crippen molar-refractivity contribution in [3.8, 4) is 0 Å².